The lowest BCUT2D eigenvalue weighted by molar-refractivity contribution is -0.117. The number of carbonyl (C=O) groups is 1. The highest BCUT2D eigenvalue weighted by molar-refractivity contribution is 5.95. The van der Waals surface area contributed by atoms with Gasteiger partial charge in [-0.2, -0.15) is 5.21 Å². The molecule has 0 aliphatic rings. The third-order valence-electron chi connectivity index (χ3n) is 3.90. The molecule has 1 aromatic heterocycles. The van der Waals surface area contributed by atoms with E-state index in [1.807, 2.05) is 24.3 Å². The van der Waals surface area contributed by atoms with Crippen molar-refractivity contribution >= 4 is 11.6 Å². The van der Waals surface area contributed by atoms with Crippen LogP contribution in [-0.4, -0.2) is 35.7 Å². The molecule has 1 N–H and O–H groups in total. The third-order valence-corrected chi connectivity index (χ3v) is 3.90. The summed E-state index contributed by atoms with van der Waals surface area (Å²) in [4.78, 5) is 12.8. The summed E-state index contributed by atoms with van der Waals surface area (Å²) in [5.41, 5.74) is 1.57. The summed E-state index contributed by atoms with van der Waals surface area (Å²) in [5, 5.41) is 17.6. The van der Waals surface area contributed by atoms with Crippen LogP contribution in [0.1, 0.15) is 17.3 Å². The molecular weight excluding hydrogens is 334 g/mol. The summed E-state index contributed by atoms with van der Waals surface area (Å²) >= 11 is 0. The monoisotopic (exact) mass is 352 g/mol. The van der Waals surface area contributed by atoms with Gasteiger partial charge in [-0.3, -0.25) is 15.1 Å². The van der Waals surface area contributed by atoms with Crippen molar-refractivity contribution in [1.82, 2.24) is 20.6 Å². The molecule has 0 bridgehead atoms. The van der Waals surface area contributed by atoms with E-state index in [4.69, 9.17) is 9.47 Å². The fourth-order valence-corrected chi connectivity index (χ4v) is 2.52. The number of aromatic nitrogens is 4. The Balaban J connectivity index is 1.80. The third kappa shape index (κ3) is 4.15. The van der Waals surface area contributed by atoms with E-state index < -0.39 is 5.92 Å². The molecule has 0 aliphatic carbocycles. The summed E-state index contributed by atoms with van der Waals surface area (Å²) in [6, 6.07) is 14.6. The maximum Gasteiger partial charge on any atom is 0.232 e. The van der Waals surface area contributed by atoms with Gasteiger partial charge in [0.25, 0.3) is 0 Å². The van der Waals surface area contributed by atoms with E-state index in [0.717, 1.165) is 11.3 Å². The number of hydrogen-bond acceptors (Lipinski definition) is 6. The smallest absolute Gasteiger partial charge is 0.232 e. The van der Waals surface area contributed by atoms with Crippen molar-refractivity contribution in [1.29, 1.82) is 0 Å². The zero-order valence-corrected chi connectivity index (χ0v) is 14.4. The molecule has 3 aromatic rings. The maximum atomic E-state index is 12.8. The molecule has 2 aromatic carbocycles. The molecular formula is C18H18N5O3-. The van der Waals surface area contributed by atoms with Crippen LogP contribution in [0.4, 0.5) is 5.69 Å². The van der Waals surface area contributed by atoms with Crippen molar-refractivity contribution < 1.29 is 14.3 Å². The van der Waals surface area contributed by atoms with Crippen LogP contribution in [0.3, 0.4) is 0 Å². The first-order chi connectivity index (χ1) is 12.7. The molecule has 0 unspecified atom stereocenters. The topological polar surface area (TPSA) is 100 Å². The molecule has 0 spiro atoms. The summed E-state index contributed by atoms with van der Waals surface area (Å²) in [6.45, 7) is 0. The van der Waals surface area contributed by atoms with Gasteiger partial charge < -0.3 is 19.9 Å². The second-order valence-corrected chi connectivity index (χ2v) is 5.56. The Morgan fingerprint density at radius 3 is 2.54 bits per heavy atom. The summed E-state index contributed by atoms with van der Waals surface area (Å²) < 4.78 is 10.3. The van der Waals surface area contributed by atoms with Crippen LogP contribution in [-0.2, 0) is 11.2 Å². The largest absolute Gasteiger partial charge is 0.497 e. The molecule has 0 saturated carbocycles. The number of rotatable bonds is 7. The second-order valence-electron chi connectivity index (χ2n) is 5.56. The highest BCUT2D eigenvalue weighted by Gasteiger charge is 2.21. The number of anilines is 1. The Labute approximate surface area is 150 Å². The van der Waals surface area contributed by atoms with E-state index in [9.17, 15) is 4.79 Å². The summed E-state index contributed by atoms with van der Waals surface area (Å²) in [5.74, 6) is 0.816. The van der Waals surface area contributed by atoms with Crippen LogP contribution in [0.2, 0.25) is 0 Å². The predicted molar refractivity (Wildman–Crippen MR) is 94.2 cm³/mol. The van der Waals surface area contributed by atoms with Crippen molar-refractivity contribution in [3.05, 3.63) is 59.9 Å². The number of hydrogen-bond donors (Lipinski definition) is 1. The zero-order chi connectivity index (χ0) is 18.4. The van der Waals surface area contributed by atoms with Gasteiger partial charge in [0.1, 0.15) is 11.5 Å². The fourth-order valence-electron chi connectivity index (χ4n) is 2.52. The van der Waals surface area contributed by atoms with Gasteiger partial charge in [-0.15, -0.1) is 0 Å². The van der Waals surface area contributed by atoms with E-state index in [1.165, 1.54) is 0 Å². The molecule has 8 nitrogen and oxygen atoms in total. The van der Waals surface area contributed by atoms with Crippen LogP contribution < -0.4 is 19.9 Å². The van der Waals surface area contributed by atoms with Gasteiger partial charge >= 0.3 is 0 Å². The number of ether oxygens (including phenoxy) is 2. The minimum atomic E-state index is -0.621. The molecule has 0 fully saturated rings. The second kappa shape index (κ2) is 8.11. The number of tetrazole rings is 1. The normalized spacial score (nSPS) is 11.6. The SMILES string of the molecule is COc1ccc(C[C@@H](C(=O)Nc2cccc(OC)c2)c2nnn[n-]2)cc1. The highest BCUT2D eigenvalue weighted by Crippen LogP contribution is 2.23. The molecule has 0 aliphatic heterocycles. The van der Waals surface area contributed by atoms with Crippen LogP contribution in [0.25, 0.3) is 0 Å². The van der Waals surface area contributed by atoms with E-state index >= 15 is 0 Å². The van der Waals surface area contributed by atoms with Gasteiger partial charge in [-0.25, -0.2) is 0 Å². The Kier molecular flexibility index (Phi) is 5.43. The van der Waals surface area contributed by atoms with E-state index in [1.54, 1.807) is 38.5 Å². The molecule has 3 rings (SSSR count). The standard InChI is InChI=1S/C18H19N5O3/c1-25-14-8-6-12(7-9-14)10-16(17-20-22-23-21-17)18(24)19-13-4-3-5-15(11-13)26-2/h3-9,11,16H,10H2,1-2H3,(H2,19,20,21,22,23,24)/p-1/t16-/m1/s1. The zero-order valence-electron chi connectivity index (χ0n) is 14.4. The number of benzene rings is 2. The van der Waals surface area contributed by atoms with Crippen LogP contribution in [0.5, 0.6) is 11.5 Å². The molecule has 1 amide bonds. The summed E-state index contributed by atoms with van der Waals surface area (Å²) in [7, 11) is 3.18. The lowest BCUT2D eigenvalue weighted by Gasteiger charge is -2.17. The number of methoxy groups -OCH3 is 2. The minimum Gasteiger partial charge on any atom is -0.497 e. The number of amides is 1. The van der Waals surface area contributed by atoms with Crippen molar-refractivity contribution in [2.45, 2.75) is 12.3 Å². The Morgan fingerprint density at radius 1 is 1.12 bits per heavy atom. The average Bonchev–Trinajstić information content (AvgIpc) is 3.21. The Hall–Kier alpha value is -3.42. The first kappa shape index (κ1) is 17.4. The first-order valence-corrected chi connectivity index (χ1v) is 7.96. The molecule has 26 heavy (non-hydrogen) atoms. The molecule has 0 radical (unpaired) electrons. The lowest BCUT2D eigenvalue weighted by atomic mass is 9.97. The van der Waals surface area contributed by atoms with E-state index in [-0.39, 0.29) is 11.7 Å². The van der Waals surface area contributed by atoms with Crippen LogP contribution >= 0.6 is 0 Å². The minimum absolute atomic E-state index is 0.246. The molecule has 134 valence electrons. The van der Waals surface area contributed by atoms with Crippen LogP contribution in [0.15, 0.2) is 48.5 Å². The average molecular weight is 352 g/mol. The highest BCUT2D eigenvalue weighted by atomic mass is 16.5. The van der Waals surface area contributed by atoms with Gasteiger partial charge in [-0.1, -0.05) is 18.2 Å². The van der Waals surface area contributed by atoms with Gasteiger partial charge in [0.15, 0.2) is 0 Å². The molecule has 0 saturated heterocycles. The van der Waals surface area contributed by atoms with Gasteiger partial charge in [0, 0.05) is 17.6 Å². The molecule has 1 heterocycles. The van der Waals surface area contributed by atoms with Gasteiger partial charge in [0.2, 0.25) is 5.91 Å². The Morgan fingerprint density at radius 2 is 1.88 bits per heavy atom. The van der Waals surface area contributed by atoms with Crippen LogP contribution in [0, 0.1) is 0 Å². The van der Waals surface area contributed by atoms with Gasteiger partial charge in [0.05, 0.1) is 20.1 Å². The maximum absolute atomic E-state index is 12.8. The summed E-state index contributed by atoms with van der Waals surface area (Å²) in [6.07, 6.45) is 0.410. The Bertz CT molecular complexity index is 850. The molecule has 1 atom stereocenters. The number of nitrogens with one attached hydrogen (secondary N) is 1. The van der Waals surface area contributed by atoms with Crippen molar-refractivity contribution in [2.24, 2.45) is 0 Å². The quantitative estimate of drug-likeness (QED) is 0.692. The first-order valence-electron chi connectivity index (χ1n) is 7.96. The van der Waals surface area contributed by atoms with Crippen molar-refractivity contribution in [3.8, 4) is 11.5 Å². The van der Waals surface area contributed by atoms with Crippen molar-refractivity contribution in [2.75, 3.05) is 19.5 Å². The van der Waals surface area contributed by atoms with E-state index in [2.05, 4.69) is 25.9 Å². The number of carbonyl (C=O) groups excluding carboxylic acids is 1. The lowest BCUT2D eigenvalue weighted by Crippen LogP contribution is -2.24. The number of nitrogens with zero attached hydrogens (tertiary/aromatic N) is 4. The van der Waals surface area contributed by atoms with E-state index in [0.29, 0.717) is 17.9 Å². The fraction of sp³-hybridized carbons (Fsp3) is 0.222. The van der Waals surface area contributed by atoms with Crippen molar-refractivity contribution in [3.63, 3.8) is 0 Å². The predicted octanol–water partition coefficient (Wildman–Crippen LogP) is 1.81. The van der Waals surface area contributed by atoms with Gasteiger partial charge in [-0.05, 0) is 36.2 Å². The molecule has 8 heteroatoms.